The molecule has 0 spiro atoms. The minimum atomic E-state index is -0.224. The number of nitrogens with one attached hydrogen (secondary N) is 3. The lowest BCUT2D eigenvalue weighted by Crippen LogP contribution is -2.39. The third-order valence-corrected chi connectivity index (χ3v) is 5.50. The van der Waals surface area contributed by atoms with Crippen LogP contribution in [-0.2, 0) is 18.3 Å². The van der Waals surface area contributed by atoms with Crippen LogP contribution in [0.2, 0.25) is 0 Å². The minimum absolute atomic E-state index is 0.0912. The Bertz CT molecular complexity index is 951. The second-order valence-electron chi connectivity index (χ2n) is 7.81. The monoisotopic (exact) mass is 401 g/mol. The molecular formula is C21H28FN5S. The summed E-state index contributed by atoms with van der Waals surface area (Å²) in [6, 6.07) is 4.84. The van der Waals surface area contributed by atoms with Crippen LogP contribution in [0.5, 0.6) is 0 Å². The number of aromatic amines is 1. The van der Waals surface area contributed by atoms with Crippen LogP contribution in [0.15, 0.2) is 34.8 Å². The molecule has 3 rings (SSSR count). The third kappa shape index (κ3) is 5.10. The van der Waals surface area contributed by atoms with Gasteiger partial charge in [-0.2, -0.15) is 0 Å². The van der Waals surface area contributed by atoms with Gasteiger partial charge in [0, 0.05) is 54.5 Å². The van der Waals surface area contributed by atoms with Crippen molar-refractivity contribution in [3.8, 4) is 0 Å². The van der Waals surface area contributed by atoms with Crippen molar-refractivity contribution in [1.82, 2.24) is 20.6 Å². The van der Waals surface area contributed by atoms with Crippen LogP contribution >= 0.6 is 11.3 Å². The molecule has 2 aromatic heterocycles. The SMILES string of the molecule is CN=C(NCCc1nc(C(C)(C)C)cs1)NCCc1c[nH]c2cc(F)ccc12. The Morgan fingerprint density at radius 2 is 1.96 bits per heavy atom. The van der Waals surface area contributed by atoms with Crippen molar-refractivity contribution in [1.29, 1.82) is 0 Å². The fourth-order valence-corrected chi connectivity index (χ4v) is 3.98. The zero-order chi connectivity index (χ0) is 20.1. The first-order valence-corrected chi connectivity index (χ1v) is 10.4. The lowest BCUT2D eigenvalue weighted by molar-refractivity contribution is 0.570. The van der Waals surface area contributed by atoms with Crippen molar-refractivity contribution in [2.45, 2.75) is 39.0 Å². The molecule has 2 heterocycles. The molecule has 0 aliphatic rings. The molecule has 0 bridgehead atoms. The maximum absolute atomic E-state index is 13.3. The molecule has 0 amide bonds. The van der Waals surface area contributed by atoms with Gasteiger partial charge in [0.05, 0.1) is 10.7 Å². The Labute approximate surface area is 169 Å². The number of hydrogen-bond acceptors (Lipinski definition) is 3. The molecule has 0 fully saturated rings. The normalized spacial score (nSPS) is 12.5. The number of hydrogen-bond donors (Lipinski definition) is 3. The van der Waals surface area contributed by atoms with E-state index < -0.39 is 0 Å². The zero-order valence-electron chi connectivity index (χ0n) is 16.9. The van der Waals surface area contributed by atoms with E-state index >= 15 is 0 Å². The van der Waals surface area contributed by atoms with Crippen molar-refractivity contribution < 1.29 is 4.39 Å². The van der Waals surface area contributed by atoms with Gasteiger partial charge in [-0.05, 0) is 30.2 Å². The number of rotatable bonds is 6. The van der Waals surface area contributed by atoms with Gasteiger partial charge in [0.15, 0.2) is 5.96 Å². The Morgan fingerprint density at radius 1 is 1.21 bits per heavy atom. The van der Waals surface area contributed by atoms with Crippen molar-refractivity contribution in [2.24, 2.45) is 4.99 Å². The Balaban J connectivity index is 1.45. The van der Waals surface area contributed by atoms with E-state index in [1.807, 2.05) is 12.3 Å². The van der Waals surface area contributed by atoms with Crippen LogP contribution in [-0.4, -0.2) is 36.1 Å². The Kier molecular flexibility index (Phi) is 6.34. The average Bonchev–Trinajstić information content (AvgIpc) is 3.27. The van der Waals surface area contributed by atoms with Crippen molar-refractivity contribution >= 4 is 28.2 Å². The van der Waals surface area contributed by atoms with Crippen molar-refractivity contribution in [2.75, 3.05) is 20.1 Å². The fourth-order valence-electron chi connectivity index (χ4n) is 2.96. The Morgan fingerprint density at radius 3 is 2.64 bits per heavy atom. The highest BCUT2D eigenvalue weighted by molar-refractivity contribution is 7.09. The molecule has 0 aliphatic heterocycles. The molecule has 1 aromatic carbocycles. The molecule has 0 atom stereocenters. The predicted molar refractivity (Wildman–Crippen MR) is 116 cm³/mol. The maximum Gasteiger partial charge on any atom is 0.191 e. The van der Waals surface area contributed by atoms with Gasteiger partial charge in [0.2, 0.25) is 0 Å². The minimum Gasteiger partial charge on any atom is -0.361 e. The molecule has 0 unspecified atom stereocenters. The number of benzene rings is 1. The average molecular weight is 402 g/mol. The second-order valence-corrected chi connectivity index (χ2v) is 8.75. The summed E-state index contributed by atoms with van der Waals surface area (Å²) < 4.78 is 13.3. The Hall–Kier alpha value is -2.41. The molecule has 5 nitrogen and oxygen atoms in total. The summed E-state index contributed by atoms with van der Waals surface area (Å²) in [6.07, 6.45) is 3.64. The van der Waals surface area contributed by atoms with Gasteiger partial charge in [-0.25, -0.2) is 9.37 Å². The number of thiazole rings is 1. The number of H-pyrrole nitrogens is 1. The summed E-state index contributed by atoms with van der Waals surface area (Å²) in [6.45, 7) is 8.07. The molecule has 3 aromatic rings. The van der Waals surface area contributed by atoms with Gasteiger partial charge in [-0.15, -0.1) is 11.3 Å². The van der Waals surface area contributed by atoms with E-state index in [2.05, 4.69) is 46.8 Å². The van der Waals surface area contributed by atoms with Crippen LogP contribution in [0.3, 0.4) is 0 Å². The quantitative estimate of drug-likeness (QED) is 0.432. The lowest BCUT2D eigenvalue weighted by Gasteiger charge is -2.14. The topological polar surface area (TPSA) is 65.1 Å². The highest BCUT2D eigenvalue weighted by atomic mass is 32.1. The summed E-state index contributed by atoms with van der Waals surface area (Å²) in [5, 5.41) is 11.0. The molecule has 0 saturated carbocycles. The molecule has 28 heavy (non-hydrogen) atoms. The largest absolute Gasteiger partial charge is 0.361 e. The first-order valence-electron chi connectivity index (χ1n) is 9.52. The number of aliphatic imine (C=N–C) groups is 1. The van der Waals surface area contributed by atoms with Crippen LogP contribution in [0.25, 0.3) is 10.9 Å². The van der Waals surface area contributed by atoms with Crippen LogP contribution in [0, 0.1) is 5.82 Å². The van der Waals surface area contributed by atoms with Gasteiger partial charge in [0.1, 0.15) is 5.82 Å². The van der Waals surface area contributed by atoms with Gasteiger partial charge >= 0.3 is 0 Å². The summed E-state index contributed by atoms with van der Waals surface area (Å²) in [5.74, 6) is 0.553. The van der Waals surface area contributed by atoms with E-state index in [1.54, 1.807) is 18.4 Å². The summed E-state index contributed by atoms with van der Waals surface area (Å²) in [4.78, 5) is 12.1. The van der Waals surface area contributed by atoms with E-state index in [0.717, 1.165) is 59.1 Å². The van der Waals surface area contributed by atoms with Gasteiger partial charge in [-0.3, -0.25) is 4.99 Å². The van der Waals surface area contributed by atoms with E-state index in [9.17, 15) is 4.39 Å². The van der Waals surface area contributed by atoms with Gasteiger partial charge in [0.25, 0.3) is 0 Å². The first kappa shape index (κ1) is 20.3. The number of halogens is 1. The fraction of sp³-hybridized carbons (Fsp3) is 0.429. The summed E-state index contributed by atoms with van der Waals surface area (Å²) >= 11 is 1.71. The van der Waals surface area contributed by atoms with E-state index in [0.29, 0.717) is 0 Å². The summed E-state index contributed by atoms with van der Waals surface area (Å²) in [5.41, 5.74) is 3.23. The van der Waals surface area contributed by atoms with Crippen LogP contribution in [0.1, 0.15) is 37.0 Å². The van der Waals surface area contributed by atoms with Crippen molar-refractivity contribution in [3.05, 3.63) is 51.9 Å². The van der Waals surface area contributed by atoms with E-state index in [4.69, 9.17) is 4.98 Å². The van der Waals surface area contributed by atoms with E-state index in [1.165, 1.54) is 12.1 Å². The molecule has 0 radical (unpaired) electrons. The van der Waals surface area contributed by atoms with Crippen LogP contribution < -0.4 is 10.6 Å². The lowest BCUT2D eigenvalue weighted by atomic mass is 9.93. The highest BCUT2D eigenvalue weighted by Gasteiger charge is 2.17. The molecule has 7 heteroatoms. The number of aromatic nitrogens is 2. The first-order chi connectivity index (χ1) is 13.4. The molecular weight excluding hydrogens is 373 g/mol. The number of fused-ring (bicyclic) bond motifs is 1. The van der Waals surface area contributed by atoms with E-state index in [-0.39, 0.29) is 11.2 Å². The zero-order valence-corrected chi connectivity index (χ0v) is 17.7. The maximum atomic E-state index is 13.3. The number of guanidine groups is 1. The molecule has 0 saturated heterocycles. The highest BCUT2D eigenvalue weighted by Crippen LogP contribution is 2.24. The van der Waals surface area contributed by atoms with Crippen LogP contribution in [0.4, 0.5) is 4.39 Å². The smallest absolute Gasteiger partial charge is 0.191 e. The third-order valence-electron chi connectivity index (χ3n) is 4.59. The van der Waals surface area contributed by atoms with Gasteiger partial charge in [-0.1, -0.05) is 20.8 Å². The van der Waals surface area contributed by atoms with Gasteiger partial charge < -0.3 is 15.6 Å². The molecule has 3 N–H and O–H groups in total. The summed E-state index contributed by atoms with van der Waals surface area (Å²) in [7, 11) is 1.77. The molecule has 150 valence electrons. The van der Waals surface area contributed by atoms with Crippen molar-refractivity contribution in [3.63, 3.8) is 0 Å². The molecule has 0 aliphatic carbocycles. The standard InChI is InChI=1S/C21H28FN5S/c1-21(2,3)18-13-28-19(27-18)8-10-25-20(23-4)24-9-7-14-12-26-17-11-15(22)5-6-16(14)17/h5-6,11-13,26H,7-10H2,1-4H3,(H2,23,24,25). The second kappa shape index (κ2) is 8.73. The predicted octanol–water partition coefficient (Wildman–Crippen LogP) is 4.01. The number of nitrogens with zero attached hydrogens (tertiary/aromatic N) is 2.